The first-order valence-corrected chi connectivity index (χ1v) is 31.9. The summed E-state index contributed by atoms with van der Waals surface area (Å²) >= 11 is 0. The van der Waals surface area contributed by atoms with Crippen molar-refractivity contribution in [1.29, 1.82) is 0 Å². The smallest absolute Gasteiger partial charge is 0.0541 e. The summed E-state index contributed by atoms with van der Waals surface area (Å²) in [5.74, 6) is 0. The largest absolute Gasteiger partial charge is 0.309 e. The average molecular weight is 1130 g/mol. The van der Waals surface area contributed by atoms with E-state index in [0.29, 0.717) is 0 Å². The highest BCUT2D eigenvalue weighted by molar-refractivity contribution is 6.11. The van der Waals surface area contributed by atoms with Crippen LogP contribution >= 0.6 is 0 Å². The SMILES string of the molecule is C(=Cc1ccc2c(c1)c1ccccc1n2-c1ccccc1)c1ccc(-c2ccc3c(c2)C2(CCCC2)c2cc(-c4ccc5c(c4)C4(CCCC4)c4cc(-c6ccc(C=Cc7ccc8c(c7)c7ccccc7n8-c7ccccc7)cc6)ccc4-5)ccc2-3)cc1. The zero-order valence-corrected chi connectivity index (χ0v) is 49.3. The van der Waals surface area contributed by atoms with Gasteiger partial charge in [-0.2, -0.15) is 0 Å². The monoisotopic (exact) mass is 1120 g/mol. The van der Waals surface area contributed by atoms with Gasteiger partial charge in [0.1, 0.15) is 0 Å². The predicted octanol–water partition coefficient (Wildman–Crippen LogP) is 22.9. The van der Waals surface area contributed by atoms with E-state index in [1.807, 2.05) is 0 Å². The van der Waals surface area contributed by atoms with Gasteiger partial charge in [0.2, 0.25) is 0 Å². The number of fused-ring (bicyclic) bond motifs is 16. The molecular weight excluding hydrogens is 1060 g/mol. The summed E-state index contributed by atoms with van der Waals surface area (Å²) in [4.78, 5) is 0. The Morgan fingerprint density at radius 2 is 0.534 bits per heavy atom. The minimum absolute atomic E-state index is 0.0415. The molecule has 0 N–H and O–H groups in total. The van der Waals surface area contributed by atoms with Gasteiger partial charge in [-0.05, 0) is 211 Å². The maximum atomic E-state index is 2.60. The van der Waals surface area contributed by atoms with Crippen LogP contribution in [0.15, 0.2) is 267 Å². The maximum absolute atomic E-state index is 2.60. The van der Waals surface area contributed by atoms with Crippen LogP contribution in [0.5, 0.6) is 0 Å². The summed E-state index contributed by atoms with van der Waals surface area (Å²) in [5, 5.41) is 5.09. The zero-order chi connectivity index (χ0) is 57.9. The van der Waals surface area contributed by atoms with Crippen molar-refractivity contribution in [1.82, 2.24) is 9.13 Å². The molecule has 4 aliphatic carbocycles. The Kier molecular flexibility index (Phi) is 11.7. The first-order chi connectivity index (χ1) is 43.5. The third kappa shape index (κ3) is 8.01. The van der Waals surface area contributed by atoms with E-state index in [1.54, 1.807) is 0 Å². The van der Waals surface area contributed by atoms with E-state index in [-0.39, 0.29) is 10.8 Å². The normalized spacial score (nSPS) is 15.2. The van der Waals surface area contributed by atoms with E-state index in [2.05, 4.69) is 300 Å². The molecule has 0 aliphatic heterocycles. The third-order valence-corrected chi connectivity index (χ3v) is 20.8. The summed E-state index contributed by atoms with van der Waals surface area (Å²) in [5.41, 5.74) is 31.8. The van der Waals surface area contributed by atoms with Crippen LogP contribution in [0.3, 0.4) is 0 Å². The average Bonchev–Trinajstić information content (AvgIpc) is 1.61. The lowest BCUT2D eigenvalue weighted by Gasteiger charge is -2.28. The predicted molar refractivity (Wildman–Crippen MR) is 372 cm³/mol. The van der Waals surface area contributed by atoms with Crippen molar-refractivity contribution in [2.24, 2.45) is 0 Å². The zero-order valence-electron chi connectivity index (χ0n) is 49.3. The van der Waals surface area contributed by atoms with Gasteiger partial charge < -0.3 is 9.13 Å². The van der Waals surface area contributed by atoms with Crippen molar-refractivity contribution in [2.75, 3.05) is 0 Å². The van der Waals surface area contributed by atoms with Crippen LogP contribution in [0.2, 0.25) is 0 Å². The molecule has 12 aromatic carbocycles. The molecule has 2 heteroatoms. The van der Waals surface area contributed by atoms with Crippen LogP contribution in [0.4, 0.5) is 0 Å². The van der Waals surface area contributed by atoms with Crippen LogP contribution in [-0.4, -0.2) is 9.13 Å². The number of nitrogens with zero attached hydrogens (tertiary/aromatic N) is 2. The van der Waals surface area contributed by atoms with Crippen molar-refractivity contribution in [3.8, 4) is 67.0 Å². The van der Waals surface area contributed by atoms with Crippen molar-refractivity contribution in [2.45, 2.75) is 62.2 Å². The summed E-state index contributed by atoms with van der Waals surface area (Å²) in [6.07, 6.45) is 18.9. The van der Waals surface area contributed by atoms with Gasteiger partial charge in [0.25, 0.3) is 0 Å². The quantitative estimate of drug-likeness (QED) is 0.128. The Balaban J connectivity index is 0.599. The maximum Gasteiger partial charge on any atom is 0.0541 e. The van der Waals surface area contributed by atoms with Gasteiger partial charge in [-0.3, -0.25) is 0 Å². The summed E-state index contributed by atoms with van der Waals surface area (Å²) in [6.45, 7) is 0. The molecule has 2 saturated carbocycles. The van der Waals surface area contributed by atoms with Crippen LogP contribution < -0.4 is 0 Å². The second-order valence-electron chi connectivity index (χ2n) is 25.5. The fourth-order valence-corrected chi connectivity index (χ4v) is 16.6. The van der Waals surface area contributed by atoms with Crippen molar-refractivity contribution < 1.29 is 0 Å². The molecule has 0 saturated heterocycles. The third-order valence-electron chi connectivity index (χ3n) is 20.8. The molecule has 0 radical (unpaired) electrons. The minimum atomic E-state index is 0.0415. The minimum Gasteiger partial charge on any atom is -0.309 e. The lowest BCUT2D eigenvalue weighted by Crippen LogP contribution is -2.21. The van der Waals surface area contributed by atoms with Gasteiger partial charge in [-0.25, -0.2) is 0 Å². The van der Waals surface area contributed by atoms with Gasteiger partial charge in [0.15, 0.2) is 0 Å². The van der Waals surface area contributed by atoms with Crippen LogP contribution in [0, 0.1) is 0 Å². The van der Waals surface area contributed by atoms with Gasteiger partial charge in [0, 0.05) is 43.7 Å². The highest BCUT2D eigenvalue weighted by Crippen LogP contribution is 2.60. The van der Waals surface area contributed by atoms with E-state index < -0.39 is 0 Å². The first-order valence-electron chi connectivity index (χ1n) is 31.9. The van der Waals surface area contributed by atoms with E-state index in [4.69, 9.17) is 0 Å². The van der Waals surface area contributed by atoms with E-state index in [0.717, 1.165) is 0 Å². The molecule has 0 atom stereocenters. The fraction of sp³-hybridized carbons (Fsp3) is 0.116. The number of para-hydroxylation sites is 4. The molecule has 2 heterocycles. The van der Waals surface area contributed by atoms with E-state index in [1.165, 1.54) is 206 Å². The Hall–Kier alpha value is -10.3. The molecule has 0 bridgehead atoms. The van der Waals surface area contributed by atoms with Gasteiger partial charge in [-0.15, -0.1) is 0 Å². The van der Waals surface area contributed by atoms with Gasteiger partial charge >= 0.3 is 0 Å². The molecular formula is C86H64N2. The molecule has 2 nitrogen and oxygen atoms in total. The molecule has 0 unspecified atom stereocenters. The van der Waals surface area contributed by atoms with Crippen LogP contribution in [-0.2, 0) is 10.8 Å². The second-order valence-corrected chi connectivity index (χ2v) is 25.5. The second kappa shape index (κ2) is 20.2. The summed E-state index contributed by atoms with van der Waals surface area (Å²) < 4.78 is 4.75. The molecule has 2 spiro atoms. The number of benzene rings is 12. The summed E-state index contributed by atoms with van der Waals surface area (Å²) in [7, 11) is 0. The van der Waals surface area contributed by atoms with Crippen molar-refractivity contribution in [3.05, 3.63) is 311 Å². The highest BCUT2D eigenvalue weighted by atomic mass is 15.0. The Labute approximate surface area is 514 Å². The number of aromatic nitrogens is 2. The van der Waals surface area contributed by atoms with Crippen LogP contribution in [0.25, 0.3) is 135 Å². The molecule has 14 aromatic rings. The Morgan fingerprint density at radius 1 is 0.239 bits per heavy atom. The molecule has 18 rings (SSSR count). The van der Waals surface area contributed by atoms with Gasteiger partial charge in [0.05, 0.1) is 22.1 Å². The molecule has 88 heavy (non-hydrogen) atoms. The number of rotatable bonds is 9. The molecule has 4 aliphatic rings. The van der Waals surface area contributed by atoms with Crippen LogP contribution in [0.1, 0.15) is 95.9 Å². The molecule has 0 amide bonds. The van der Waals surface area contributed by atoms with Crippen molar-refractivity contribution >= 4 is 67.9 Å². The molecule has 418 valence electrons. The van der Waals surface area contributed by atoms with Crippen molar-refractivity contribution in [3.63, 3.8) is 0 Å². The first kappa shape index (κ1) is 51.0. The Bertz CT molecular complexity index is 4840. The lowest BCUT2D eigenvalue weighted by molar-refractivity contribution is 0.549. The Morgan fingerprint density at radius 3 is 0.909 bits per heavy atom. The topological polar surface area (TPSA) is 9.86 Å². The van der Waals surface area contributed by atoms with Gasteiger partial charge in [-0.1, -0.05) is 232 Å². The van der Waals surface area contributed by atoms with E-state index >= 15 is 0 Å². The standard InChI is InChI=1S/C86H64N2/c1-3-15-67(16-4-1)87-81-21-9-7-19-73(81)75-51-59(31-45-83(75)87)25-23-57-27-33-61(34-28-57)63-37-41-69-71-43-39-65(55-79(71)85(77(69)53-63)47-11-12-48-85)66-40-44-72-70-42-38-64(54-78(70)86(80(72)56-66)49-13-14-50-86)62-35-29-58(30-36-62)24-26-60-32-46-84-76(52-60)74-20-8-10-22-82(74)88(84)68-17-5-2-6-18-68/h1-10,15-46,51-56H,11-14,47-50H2. The van der Waals surface area contributed by atoms with E-state index in [9.17, 15) is 0 Å². The molecule has 2 fully saturated rings. The number of hydrogen-bond donors (Lipinski definition) is 0. The highest BCUT2D eigenvalue weighted by Gasteiger charge is 2.47. The lowest BCUT2D eigenvalue weighted by atomic mass is 9.75. The molecule has 2 aromatic heterocycles. The number of hydrogen-bond acceptors (Lipinski definition) is 0. The fourth-order valence-electron chi connectivity index (χ4n) is 16.6. The summed E-state index contributed by atoms with van der Waals surface area (Å²) in [6, 6.07) is 101.